The van der Waals surface area contributed by atoms with Gasteiger partial charge in [0.15, 0.2) is 5.82 Å². The van der Waals surface area contributed by atoms with Gasteiger partial charge in [-0.05, 0) is 73.4 Å². The lowest BCUT2D eigenvalue weighted by atomic mass is 9.75. The standard InChI is InChI=1S/C31H37Cl2N7O2/c1-4-5-6-7-26(21-8-10-22(11-9-21)29(41)34-18-27-36-38-39-37-27)40-30(42)28(23-13-24(32)15-25(33)14-23)35-31(40)16-19(2)12-20(3)17-31/h8-11,13-15,19-20,26H,4-7,12,16-18H2,1-3H3,(H,34,41)(H,36,37,38,39)/t19?,20?,26-,31?/m1/s1. The molecule has 11 heteroatoms. The molecule has 1 aliphatic carbocycles. The van der Waals surface area contributed by atoms with Crippen LogP contribution in [-0.2, 0) is 11.3 Å². The normalized spacial score (nSPS) is 22.8. The minimum absolute atomic E-state index is 0.0990. The lowest BCUT2D eigenvalue weighted by molar-refractivity contribution is -0.134. The van der Waals surface area contributed by atoms with E-state index in [0.29, 0.717) is 44.5 Å². The summed E-state index contributed by atoms with van der Waals surface area (Å²) in [4.78, 5) is 34.6. The Morgan fingerprint density at radius 3 is 2.40 bits per heavy atom. The zero-order valence-electron chi connectivity index (χ0n) is 24.2. The number of benzene rings is 2. The summed E-state index contributed by atoms with van der Waals surface area (Å²) in [6.07, 6.45) is 6.59. The zero-order chi connectivity index (χ0) is 29.9. The summed E-state index contributed by atoms with van der Waals surface area (Å²) in [6, 6.07) is 12.6. The fraction of sp³-hybridized carbons (Fsp3) is 0.484. The summed E-state index contributed by atoms with van der Waals surface area (Å²) in [5.74, 6) is 0.897. The van der Waals surface area contributed by atoms with Gasteiger partial charge >= 0.3 is 0 Å². The molecule has 1 aliphatic heterocycles. The van der Waals surface area contributed by atoms with Crippen LogP contribution in [0.25, 0.3) is 0 Å². The van der Waals surface area contributed by atoms with E-state index >= 15 is 0 Å². The van der Waals surface area contributed by atoms with Crippen LogP contribution in [0, 0.1) is 11.8 Å². The van der Waals surface area contributed by atoms with Gasteiger partial charge in [0.05, 0.1) is 12.6 Å². The van der Waals surface area contributed by atoms with Crippen LogP contribution in [0.15, 0.2) is 47.5 Å². The fourth-order valence-corrected chi connectivity index (χ4v) is 7.20. The smallest absolute Gasteiger partial charge is 0.275 e. The number of unbranched alkanes of at least 4 members (excludes halogenated alkanes) is 2. The average molecular weight is 611 g/mol. The van der Waals surface area contributed by atoms with Gasteiger partial charge in [-0.3, -0.25) is 14.6 Å². The number of aromatic nitrogens is 4. The number of nitrogens with one attached hydrogen (secondary N) is 2. The first-order chi connectivity index (χ1) is 20.2. The Morgan fingerprint density at radius 1 is 1.10 bits per heavy atom. The molecule has 9 nitrogen and oxygen atoms in total. The Hall–Kier alpha value is -3.30. The van der Waals surface area contributed by atoms with Gasteiger partial charge in [0.2, 0.25) is 0 Å². The van der Waals surface area contributed by atoms with Crippen LogP contribution < -0.4 is 5.32 Å². The van der Waals surface area contributed by atoms with Gasteiger partial charge in [-0.25, -0.2) is 0 Å². The van der Waals surface area contributed by atoms with Crippen LogP contribution in [0.3, 0.4) is 0 Å². The predicted molar refractivity (Wildman–Crippen MR) is 163 cm³/mol. The number of hydrogen-bond donors (Lipinski definition) is 2. The fourth-order valence-electron chi connectivity index (χ4n) is 6.67. The lowest BCUT2D eigenvalue weighted by Crippen LogP contribution is -2.52. The molecule has 1 saturated carbocycles. The molecule has 5 rings (SSSR count). The first-order valence-electron chi connectivity index (χ1n) is 14.7. The Morgan fingerprint density at radius 2 is 1.79 bits per heavy atom. The molecule has 0 saturated heterocycles. The summed E-state index contributed by atoms with van der Waals surface area (Å²) >= 11 is 12.7. The number of H-pyrrole nitrogens is 1. The zero-order valence-corrected chi connectivity index (χ0v) is 25.8. The number of carbonyl (C=O) groups is 2. The number of hydrogen-bond acceptors (Lipinski definition) is 6. The summed E-state index contributed by atoms with van der Waals surface area (Å²) in [5, 5.41) is 17.4. The second-order valence-electron chi connectivity index (χ2n) is 11.8. The Balaban J connectivity index is 1.50. The molecule has 2 unspecified atom stereocenters. The molecule has 222 valence electrons. The molecular formula is C31H37Cl2N7O2. The maximum Gasteiger partial charge on any atom is 0.275 e. The third-order valence-corrected chi connectivity index (χ3v) is 8.66. The molecule has 2 aromatic carbocycles. The van der Waals surface area contributed by atoms with E-state index < -0.39 is 5.66 Å². The van der Waals surface area contributed by atoms with Crippen molar-refractivity contribution in [1.29, 1.82) is 0 Å². The van der Waals surface area contributed by atoms with Crippen molar-refractivity contribution in [2.24, 2.45) is 16.8 Å². The number of halogens is 2. The average Bonchev–Trinajstić information content (AvgIpc) is 3.55. The van der Waals surface area contributed by atoms with E-state index in [2.05, 4.69) is 46.7 Å². The quantitative estimate of drug-likeness (QED) is 0.253. The molecule has 2 heterocycles. The monoisotopic (exact) mass is 609 g/mol. The van der Waals surface area contributed by atoms with Crippen molar-refractivity contribution < 1.29 is 9.59 Å². The van der Waals surface area contributed by atoms with E-state index in [1.165, 1.54) is 0 Å². The summed E-state index contributed by atoms with van der Waals surface area (Å²) < 4.78 is 0. The highest BCUT2D eigenvalue weighted by Crippen LogP contribution is 2.49. The molecule has 2 amide bonds. The second kappa shape index (κ2) is 12.9. The summed E-state index contributed by atoms with van der Waals surface area (Å²) in [6.45, 7) is 6.84. The lowest BCUT2D eigenvalue weighted by Gasteiger charge is -2.47. The van der Waals surface area contributed by atoms with E-state index in [1.807, 2.05) is 29.2 Å². The topological polar surface area (TPSA) is 116 Å². The number of tetrazole rings is 1. The largest absolute Gasteiger partial charge is 0.345 e. The van der Waals surface area contributed by atoms with E-state index in [0.717, 1.165) is 50.5 Å². The molecule has 3 aromatic rings. The molecule has 0 radical (unpaired) electrons. The first kappa shape index (κ1) is 30.2. The first-order valence-corrected chi connectivity index (χ1v) is 15.4. The summed E-state index contributed by atoms with van der Waals surface area (Å²) in [7, 11) is 0. The maximum absolute atomic E-state index is 14.5. The third kappa shape index (κ3) is 6.52. The minimum Gasteiger partial charge on any atom is -0.345 e. The van der Waals surface area contributed by atoms with Crippen molar-refractivity contribution in [2.75, 3.05) is 0 Å². The van der Waals surface area contributed by atoms with Crippen LogP contribution in [0.5, 0.6) is 0 Å². The van der Waals surface area contributed by atoms with Gasteiger partial charge in [0.25, 0.3) is 11.8 Å². The van der Waals surface area contributed by atoms with Gasteiger partial charge in [-0.2, -0.15) is 5.21 Å². The van der Waals surface area contributed by atoms with Crippen molar-refractivity contribution >= 4 is 40.7 Å². The van der Waals surface area contributed by atoms with Crippen LogP contribution in [0.1, 0.15) is 99.1 Å². The number of nitrogens with zero attached hydrogens (tertiary/aromatic N) is 5. The molecule has 2 aliphatic rings. The third-order valence-electron chi connectivity index (χ3n) is 8.23. The van der Waals surface area contributed by atoms with Crippen LogP contribution in [-0.4, -0.2) is 48.7 Å². The van der Waals surface area contributed by atoms with Gasteiger partial charge in [-0.1, -0.05) is 80.6 Å². The molecule has 2 N–H and O–H groups in total. The highest BCUT2D eigenvalue weighted by molar-refractivity contribution is 6.47. The predicted octanol–water partition coefficient (Wildman–Crippen LogP) is 6.54. The van der Waals surface area contributed by atoms with Crippen LogP contribution in [0.2, 0.25) is 10.0 Å². The number of amides is 2. The van der Waals surface area contributed by atoms with Crippen molar-refractivity contribution in [3.8, 4) is 0 Å². The van der Waals surface area contributed by atoms with Crippen molar-refractivity contribution in [3.05, 3.63) is 75.0 Å². The summed E-state index contributed by atoms with van der Waals surface area (Å²) in [5.41, 5.74) is 1.91. The van der Waals surface area contributed by atoms with Crippen molar-refractivity contribution in [1.82, 2.24) is 30.8 Å². The molecule has 1 aromatic heterocycles. The molecule has 3 atom stereocenters. The highest BCUT2D eigenvalue weighted by Gasteiger charge is 2.53. The minimum atomic E-state index is -0.657. The molecule has 42 heavy (non-hydrogen) atoms. The Bertz CT molecular complexity index is 1410. The van der Waals surface area contributed by atoms with E-state index in [1.54, 1.807) is 18.2 Å². The van der Waals surface area contributed by atoms with Gasteiger partial charge in [0, 0.05) is 21.2 Å². The van der Waals surface area contributed by atoms with Gasteiger partial charge < -0.3 is 10.2 Å². The molecule has 1 fully saturated rings. The van der Waals surface area contributed by atoms with E-state index in [9.17, 15) is 9.59 Å². The van der Waals surface area contributed by atoms with Crippen LogP contribution in [0.4, 0.5) is 0 Å². The van der Waals surface area contributed by atoms with Gasteiger partial charge in [-0.15, -0.1) is 10.2 Å². The maximum atomic E-state index is 14.5. The SMILES string of the molecule is CCCCC[C@H](c1ccc(C(=O)NCc2nn[nH]n2)cc1)N1C(=O)C(c2cc(Cl)cc(Cl)c2)=NC12CC(C)CC(C)C2. The van der Waals surface area contributed by atoms with Crippen molar-refractivity contribution in [2.45, 2.75) is 84.0 Å². The van der Waals surface area contributed by atoms with E-state index in [4.69, 9.17) is 28.2 Å². The van der Waals surface area contributed by atoms with E-state index in [-0.39, 0.29) is 24.4 Å². The molecule has 0 bridgehead atoms. The Labute approximate surface area is 256 Å². The Kier molecular flexibility index (Phi) is 9.28. The van der Waals surface area contributed by atoms with Crippen LogP contribution >= 0.6 is 23.2 Å². The number of carbonyl (C=O) groups excluding carboxylic acids is 2. The van der Waals surface area contributed by atoms with Crippen molar-refractivity contribution in [3.63, 3.8) is 0 Å². The number of aromatic amines is 1. The highest BCUT2D eigenvalue weighted by atomic mass is 35.5. The molecular weight excluding hydrogens is 573 g/mol. The number of aliphatic imine (C=N–C) groups is 1. The molecule has 1 spiro atoms. The second-order valence-corrected chi connectivity index (χ2v) is 12.6. The van der Waals surface area contributed by atoms with Gasteiger partial charge in [0.1, 0.15) is 11.4 Å². The number of rotatable bonds is 10.